The minimum atomic E-state index is -0.294. The fourth-order valence-electron chi connectivity index (χ4n) is 5.10. The molecular formula is C27H29N3O4. The van der Waals surface area contributed by atoms with Gasteiger partial charge in [-0.1, -0.05) is 30.7 Å². The van der Waals surface area contributed by atoms with E-state index in [9.17, 15) is 14.4 Å². The lowest BCUT2D eigenvalue weighted by molar-refractivity contribution is -0.121. The van der Waals surface area contributed by atoms with Crippen molar-refractivity contribution in [1.82, 2.24) is 15.1 Å². The molecule has 0 saturated carbocycles. The Morgan fingerprint density at radius 3 is 2.29 bits per heavy atom. The van der Waals surface area contributed by atoms with Gasteiger partial charge in [-0.3, -0.25) is 24.2 Å². The maximum Gasteiger partial charge on any atom is 0.261 e. The van der Waals surface area contributed by atoms with E-state index >= 15 is 0 Å². The quantitative estimate of drug-likeness (QED) is 0.512. The van der Waals surface area contributed by atoms with Crippen molar-refractivity contribution in [2.45, 2.75) is 38.1 Å². The standard InChI is InChI=1S/C27H29N3O4/c31-24(28-18-22(23-12-7-17-34-23)29-14-2-1-3-15-29)13-6-16-30-26(32)20-10-4-8-19-9-5-11-21(25(19)20)27(30)33/h4-5,7-12,17,22H,1-3,6,13-16,18H2,(H,28,31). The molecule has 0 aliphatic carbocycles. The van der Waals surface area contributed by atoms with Gasteiger partial charge in [0, 0.05) is 36.0 Å². The number of rotatable bonds is 8. The van der Waals surface area contributed by atoms with Gasteiger partial charge in [0.2, 0.25) is 5.91 Å². The summed E-state index contributed by atoms with van der Waals surface area (Å²) in [6.45, 7) is 2.68. The molecule has 1 saturated heterocycles. The second-order valence-electron chi connectivity index (χ2n) is 9.01. The van der Waals surface area contributed by atoms with E-state index in [0.717, 1.165) is 42.5 Å². The minimum absolute atomic E-state index is 0.0153. The molecule has 34 heavy (non-hydrogen) atoms. The van der Waals surface area contributed by atoms with E-state index in [1.807, 2.05) is 36.4 Å². The van der Waals surface area contributed by atoms with E-state index < -0.39 is 0 Å². The average molecular weight is 460 g/mol. The number of carbonyl (C=O) groups is 3. The predicted molar refractivity (Wildman–Crippen MR) is 128 cm³/mol. The summed E-state index contributed by atoms with van der Waals surface area (Å²) >= 11 is 0. The number of furan rings is 1. The van der Waals surface area contributed by atoms with Crippen LogP contribution in [0.5, 0.6) is 0 Å². The molecule has 2 aliphatic heterocycles. The molecule has 176 valence electrons. The van der Waals surface area contributed by atoms with Gasteiger partial charge < -0.3 is 9.73 Å². The Labute approximate surface area is 198 Å². The smallest absolute Gasteiger partial charge is 0.261 e. The second-order valence-corrected chi connectivity index (χ2v) is 9.01. The van der Waals surface area contributed by atoms with E-state index in [-0.39, 0.29) is 36.7 Å². The maximum atomic E-state index is 13.0. The van der Waals surface area contributed by atoms with Crippen LogP contribution in [0.4, 0.5) is 0 Å². The van der Waals surface area contributed by atoms with Crippen molar-refractivity contribution in [3.63, 3.8) is 0 Å². The Kier molecular flexibility index (Phi) is 6.45. The Morgan fingerprint density at radius 1 is 0.941 bits per heavy atom. The van der Waals surface area contributed by atoms with Crippen molar-refractivity contribution in [3.05, 3.63) is 71.7 Å². The van der Waals surface area contributed by atoms with Crippen molar-refractivity contribution < 1.29 is 18.8 Å². The lowest BCUT2D eigenvalue weighted by Gasteiger charge is -2.33. The van der Waals surface area contributed by atoms with Crippen molar-refractivity contribution in [3.8, 4) is 0 Å². The molecule has 2 aliphatic rings. The lowest BCUT2D eigenvalue weighted by atomic mass is 9.94. The molecular weight excluding hydrogens is 430 g/mol. The van der Waals surface area contributed by atoms with Gasteiger partial charge in [-0.05, 0) is 62.0 Å². The summed E-state index contributed by atoms with van der Waals surface area (Å²) in [5, 5.41) is 4.63. The third-order valence-electron chi connectivity index (χ3n) is 6.84. The van der Waals surface area contributed by atoms with Gasteiger partial charge in [0.15, 0.2) is 0 Å². The van der Waals surface area contributed by atoms with E-state index in [0.29, 0.717) is 24.1 Å². The van der Waals surface area contributed by atoms with Crippen LogP contribution in [0.25, 0.3) is 10.8 Å². The summed E-state index contributed by atoms with van der Waals surface area (Å²) in [5.41, 5.74) is 1.08. The van der Waals surface area contributed by atoms with Gasteiger partial charge >= 0.3 is 0 Å². The molecule has 0 spiro atoms. The van der Waals surface area contributed by atoms with Gasteiger partial charge in [-0.2, -0.15) is 0 Å². The molecule has 7 nitrogen and oxygen atoms in total. The number of benzene rings is 2. The highest BCUT2D eigenvalue weighted by Crippen LogP contribution is 2.30. The van der Waals surface area contributed by atoms with E-state index in [2.05, 4.69) is 10.2 Å². The van der Waals surface area contributed by atoms with Crippen molar-refractivity contribution in [1.29, 1.82) is 0 Å². The third-order valence-corrected chi connectivity index (χ3v) is 6.84. The van der Waals surface area contributed by atoms with E-state index in [1.54, 1.807) is 18.4 Å². The van der Waals surface area contributed by atoms with Gasteiger partial charge in [0.05, 0.1) is 12.3 Å². The van der Waals surface area contributed by atoms with Crippen LogP contribution in [-0.4, -0.2) is 53.7 Å². The highest BCUT2D eigenvalue weighted by atomic mass is 16.3. The predicted octanol–water partition coefficient (Wildman–Crippen LogP) is 4.15. The topological polar surface area (TPSA) is 82.9 Å². The third kappa shape index (κ3) is 4.35. The highest BCUT2D eigenvalue weighted by molar-refractivity contribution is 6.25. The molecule has 0 radical (unpaired) electrons. The Morgan fingerprint density at radius 2 is 1.65 bits per heavy atom. The summed E-state index contributed by atoms with van der Waals surface area (Å²) in [6, 6.07) is 14.8. The molecule has 1 atom stereocenters. The SMILES string of the molecule is O=C(CCCN1C(=O)c2cccc3cccc(c23)C1=O)NCC(c1ccco1)N1CCCCC1. The molecule has 3 heterocycles. The van der Waals surface area contributed by atoms with Crippen LogP contribution < -0.4 is 5.32 Å². The largest absolute Gasteiger partial charge is 0.468 e. The number of nitrogens with one attached hydrogen (secondary N) is 1. The normalized spacial score (nSPS) is 17.2. The van der Waals surface area contributed by atoms with Crippen LogP contribution >= 0.6 is 0 Å². The Bertz CT molecular complexity index is 1150. The number of hydrogen-bond acceptors (Lipinski definition) is 5. The Balaban J connectivity index is 1.18. The van der Waals surface area contributed by atoms with E-state index in [4.69, 9.17) is 4.42 Å². The molecule has 1 N–H and O–H groups in total. The van der Waals surface area contributed by atoms with Crippen LogP contribution in [0.15, 0.2) is 59.2 Å². The molecule has 3 aromatic rings. The number of carbonyl (C=O) groups excluding carboxylic acids is 3. The Hall–Kier alpha value is -3.45. The zero-order valence-corrected chi connectivity index (χ0v) is 19.2. The fraction of sp³-hybridized carbons (Fsp3) is 0.370. The molecule has 3 amide bonds. The zero-order valence-electron chi connectivity index (χ0n) is 19.2. The first-order chi connectivity index (χ1) is 16.6. The van der Waals surface area contributed by atoms with Crippen molar-refractivity contribution in [2.75, 3.05) is 26.2 Å². The number of piperidine rings is 1. The average Bonchev–Trinajstić information content (AvgIpc) is 3.40. The van der Waals surface area contributed by atoms with Gasteiger partial charge in [-0.15, -0.1) is 0 Å². The van der Waals surface area contributed by atoms with E-state index in [1.165, 1.54) is 11.3 Å². The molecule has 5 rings (SSSR count). The molecule has 0 bridgehead atoms. The second kappa shape index (κ2) is 9.81. The molecule has 1 aromatic heterocycles. The summed E-state index contributed by atoms with van der Waals surface area (Å²) in [7, 11) is 0. The molecule has 1 fully saturated rings. The monoisotopic (exact) mass is 459 g/mol. The van der Waals surface area contributed by atoms with Crippen LogP contribution in [0.1, 0.15) is 64.6 Å². The summed E-state index contributed by atoms with van der Waals surface area (Å²) < 4.78 is 5.64. The summed E-state index contributed by atoms with van der Waals surface area (Å²) in [4.78, 5) is 42.2. The molecule has 1 unspecified atom stereocenters. The van der Waals surface area contributed by atoms with Crippen LogP contribution in [-0.2, 0) is 4.79 Å². The van der Waals surface area contributed by atoms with Crippen molar-refractivity contribution in [2.24, 2.45) is 0 Å². The first-order valence-corrected chi connectivity index (χ1v) is 12.1. The fourth-order valence-corrected chi connectivity index (χ4v) is 5.10. The number of nitrogens with zero attached hydrogens (tertiary/aromatic N) is 2. The van der Waals surface area contributed by atoms with Gasteiger partial charge in [-0.25, -0.2) is 0 Å². The maximum absolute atomic E-state index is 13.0. The van der Waals surface area contributed by atoms with Crippen molar-refractivity contribution >= 4 is 28.5 Å². The summed E-state index contributed by atoms with van der Waals surface area (Å²) in [6.07, 6.45) is 5.87. The van der Waals surface area contributed by atoms with Crippen LogP contribution in [0, 0.1) is 0 Å². The molecule has 7 heteroatoms. The lowest BCUT2D eigenvalue weighted by Crippen LogP contribution is -2.42. The first kappa shape index (κ1) is 22.3. The van der Waals surface area contributed by atoms with Gasteiger partial charge in [0.25, 0.3) is 11.8 Å². The number of hydrogen-bond donors (Lipinski definition) is 1. The number of likely N-dealkylation sites (tertiary alicyclic amines) is 1. The summed E-state index contributed by atoms with van der Waals surface area (Å²) in [5.74, 6) is 0.183. The number of imide groups is 1. The molecule has 2 aromatic carbocycles. The number of amides is 3. The first-order valence-electron chi connectivity index (χ1n) is 12.1. The highest BCUT2D eigenvalue weighted by Gasteiger charge is 2.32. The zero-order chi connectivity index (χ0) is 23.5. The van der Waals surface area contributed by atoms with Crippen LogP contribution in [0.3, 0.4) is 0 Å². The van der Waals surface area contributed by atoms with Crippen LogP contribution in [0.2, 0.25) is 0 Å². The van der Waals surface area contributed by atoms with Gasteiger partial charge in [0.1, 0.15) is 5.76 Å². The minimum Gasteiger partial charge on any atom is -0.468 e.